The third-order valence-corrected chi connectivity index (χ3v) is 4.63. The van der Waals surface area contributed by atoms with Gasteiger partial charge in [0.25, 0.3) is 0 Å². The first-order chi connectivity index (χ1) is 8.50. The van der Waals surface area contributed by atoms with Gasteiger partial charge in [0.2, 0.25) is 0 Å². The summed E-state index contributed by atoms with van der Waals surface area (Å²) in [6.07, 6.45) is 0.247. The number of rotatable bonds is 3. The highest BCUT2D eigenvalue weighted by Gasteiger charge is 2.29. The van der Waals surface area contributed by atoms with Crippen molar-refractivity contribution in [3.8, 4) is 5.75 Å². The summed E-state index contributed by atoms with van der Waals surface area (Å²) in [4.78, 5) is 0. The van der Waals surface area contributed by atoms with Crippen LogP contribution in [0.3, 0.4) is 0 Å². The molecule has 18 heavy (non-hydrogen) atoms. The van der Waals surface area contributed by atoms with E-state index in [-0.39, 0.29) is 17.6 Å². The Kier molecular flexibility index (Phi) is 3.56. The van der Waals surface area contributed by atoms with Gasteiger partial charge in [0.15, 0.2) is 9.84 Å². The number of oxime groups is 1. The average molecular weight is 269 g/mol. The smallest absolute Gasteiger partial charge is 0.154 e. The summed E-state index contributed by atoms with van der Waals surface area (Å²) in [6, 6.07) is 7.08. The largest absolute Gasteiger partial charge is 0.489 e. The molecule has 1 fully saturated rings. The highest BCUT2D eigenvalue weighted by molar-refractivity contribution is 7.91. The Morgan fingerprint density at radius 1 is 1.50 bits per heavy atom. The zero-order valence-corrected chi connectivity index (χ0v) is 10.9. The topological polar surface area (TPSA) is 76.0 Å². The van der Waals surface area contributed by atoms with Crippen LogP contribution in [0, 0.1) is 0 Å². The normalized spacial score (nSPS) is 22.9. The lowest BCUT2D eigenvalue weighted by atomic mass is 10.1. The van der Waals surface area contributed by atoms with E-state index in [0.29, 0.717) is 17.9 Å². The van der Waals surface area contributed by atoms with Crippen LogP contribution in [-0.4, -0.2) is 36.9 Å². The summed E-state index contributed by atoms with van der Waals surface area (Å²) in [7, 11) is -2.94. The van der Waals surface area contributed by atoms with Gasteiger partial charge in [-0.1, -0.05) is 17.3 Å². The monoisotopic (exact) mass is 269 g/mol. The SMILES string of the molecule is C/C(=N\O)c1cccc(OC2CCS(=O)(=O)C2)c1. The highest BCUT2D eigenvalue weighted by Crippen LogP contribution is 2.21. The van der Waals surface area contributed by atoms with Gasteiger partial charge < -0.3 is 9.94 Å². The minimum Gasteiger partial charge on any atom is -0.489 e. The van der Waals surface area contributed by atoms with Crippen LogP contribution in [0.25, 0.3) is 0 Å². The minimum atomic E-state index is -2.94. The molecule has 1 unspecified atom stereocenters. The molecular formula is C12H15NO4S. The first-order valence-corrected chi connectivity index (χ1v) is 7.48. The molecule has 0 amide bonds. The van der Waals surface area contributed by atoms with Gasteiger partial charge in [0.05, 0.1) is 17.2 Å². The molecule has 0 bridgehead atoms. The molecule has 1 saturated heterocycles. The van der Waals surface area contributed by atoms with Crippen molar-refractivity contribution in [2.45, 2.75) is 19.4 Å². The molecule has 5 nitrogen and oxygen atoms in total. The molecule has 1 atom stereocenters. The number of nitrogens with zero attached hydrogens (tertiary/aromatic N) is 1. The molecular weight excluding hydrogens is 254 g/mol. The van der Waals surface area contributed by atoms with Gasteiger partial charge in [0, 0.05) is 5.56 Å². The van der Waals surface area contributed by atoms with Crippen LogP contribution < -0.4 is 4.74 Å². The van der Waals surface area contributed by atoms with Crippen LogP contribution in [-0.2, 0) is 9.84 Å². The van der Waals surface area contributed by atoms with E-state index in [2.05, 4.69) is 5.16 Å². The van der Waals surface area contributed by atoms with Crippen LogP contribution in [0.15, 0.2) is 29.4 Å². The molecule has 1 aliphatic rings. The lowest BCUT2D eigenvalue weighted by Crippen LogP contribution is -2.17. The van der Waals surface area contributed by atoms with Crippen molar-refractivity contribution in [1.29, 1.82) is 0 Å². The molecule has 2 rings (SSSR count). The van der Waals surface area contributed by atoms with Crippen molar-refractivity contribution in [2.75, 3.05) is 11.5 Å². The lowest BCUT2D eigenvalue weighted by molar-refractivity contribution is 0.229. The molecule has 1 heterocycles. The number of ether oxygens (including phenoxy) is 1. The Bertz CT molecular complexity index is 565. The van der Waals surface area contributed by atoms with Gasteiger partial charge in [-0.05, 0) is 25.5 Å². The highest BCUT2D eigenvalue weighted by atomic mass is 32.2. The van der Waals surface area contributed by atoms with Crippen LogP contribution in [0.2, 0.25) is 0 Å². The summed E-state index contributed by atoms with van der Waals surface area (Å²) in [5.74, 6) is 0.858. The predicted octanol–water partition coefficient (Wildman–Crippen LogP) is 1.45. The molecule has 6 heteroatoms. The summed E-state index contributed by atoms with van der Waals surface area (Å²) in [5, 5.41) is 11.8. The molecule has 98 valence electrons. The summed E-state index contributed by atoms with van der Waals surface area (Å²) in [6.45, 7) is 1.68. The standard InChI is InChI=1S/C12H15NO4S/c1-9(13-14)10-3-2-4-11(7-10)17-12-5-6-18(15,16)8-12/h2-4,7,12,14H,5-6,8H2,1H3/b13-9+. The van der Waals surface area contributed by atoms with E-state index in [9.17, 15) is 8.42 Å². The van der Waals surface area contributed by atoms with E-state index < -0.39 is 9.84 Å². The summed E-state index contributed by atoms with van der Waals surface area (Å²) < 4.78 is 28.3. The van der Waals surface area contributed by atoms with Crippen LogP contribution in [0.5, 0.6) is 5.75 Å². The van der Waals surface area contributed by atoms with Gasteiger partial charge in [0.1, 0.15) is 11.9 Å². The van der Waals surface area contributed by atoms with E-state index in [1.807, 2.05) is 0 Å². The zero-order valence-electron chi connectivity index (χ0n) is 10.0. The summed E-state index contributed by atoms with van der Waals surface area (Å²) >= 11 is 0. The Balaban J connectivity index is 2.11. The van der Waals surface area contributed by atoms with Crippen molar-refractivity contribution in [2.24, 2.45) is 5.16 Å². The van der Waals surface area contributed by atoms with Gasteiger partial charge in [-0.15, -0.1) is 0 Å². The lowest BCUT2D eigenvalue weighted by Gasteiger charge is -2.12. The predicted molar refractivity (Wildman–Crippen MR) is 68.1 cm³/mol. The van der Waals surface area contributed by atoms with Crippen LogP contribution >= 0.6 is 0 Å². The Morgan fingerprint density at radius 2 is 2.28 bits per heavy atom. The zero-order chi connectivity index (χ0) is 13.2. The maximum atomic E-state index is 11.3. The second-order valence-corrected chi connectivity index (χ2v) is 6.58. The molecule has 1 aromatic carbocycles. The van der Waals surface area contributed by atoms with Crippen molar-refractivity contribution in [1.82, 2.24) is 0 Å². The second-order valence-electron chi connectivity index (χ2n) is 4.36. The number of hydrogen-bond donors (Lipinski definition) is 1. The van der Waals surface area contributed by atoms with E-state index in [4.69, 9.17) is 9.94 Å². The molecule has 1 aromatic rings. The van der Waals surface area contributed by atoms with Gasteiger partial charge in [-0.2, -0.15) is 0 Å². The molecule has 0 aromatic heterocycles. The van der Waals surface area contributed by atoms with Crippen LogP contribution in [0.1, 0.15) is 18.9 Å². The maximum Gasteiger partial charge on any atom is 0.154 e. The molecule has 1 aliphatic heterocycles. The van der Waals surface area contributed by atoms with Gasteiger partial charge >= 0.3 is 0 Å². The first kappa shape index (κ1) is 12.9. The second kappa shape index (κ2) is 4.97. The Hall–Kier alpha value is -1.56. The van der Waals surface area contributed by atoms with Crippen molar-refractivity contribution < 1.29 is 18.4 Å². The number of hydrogen-bond acceptors (Lipinski definition) is 5. The van der Waals surface area contributed by atoms with E-state index in [1.165, 1.54) is 0 Å². The number of benzene rings is 1. The third kappa shape index (κ3) is 3.01. The molecule has 0 spiro atoms. The fourth-order valence-electron chi connectivity index (χ4n) is 1.90. The van der Waals surface area contributed by atoms with E-state index in [0.717, 1.165) is 5.56 Å². The Morgan fingerprint density at radius 3 is 2.89 bits per heavy atom. The Labute approximate surface area is 106 Å². The average Bonchev–Trinajstić information content (AvgIpc) is 2.68. The van der Waals surface area contributed by atoms with Crippen molar-refractivity contribution in [3.05, 3.63) is 29.8 Å². The van der Waals surface area contributed by atoms with Crippen LogP contribution in [0.4, 0.5) is 0 Å². The van der Waals surface area contributed by atoms with Gasteiger partial charge in [-0.3, -0.25) is 0 Å². The third-order valence-electron chi connectivity index (χ3n) is 2.90. The van der Waals surface area contributed by atoms with Gasteiger partial charge in [-0.25, -0.2) is 8.42 Å². The summed E-state index contributed by atoms with van der Waals surface area (Å²) in [5.41, 5.74) is 1.23. The quantitative estimate of drug-likeness (QED) is 0.512. The van der Waals surface area contributed by atoms with E-state index in [1.54, 1.807) is 31.2 Å². The van der Waals surface area contributed by atoms with Crippen molar-refractivity contribution in [3.63, 3.8) is 0 Å². The minimum absolute atomic E-state index is 0.0737. The molecule has 0 aliphatic carbocycles. The fraction of sp³-hybridized carbons (Fsp3) is 0.417. The first-order valence-electron chi connectivity index (χ1n) is 5.66. The fourth-order valence-corrected chi connectivity index (χ4v) is 3.49. The molecule has 0 radical (unpaired) electrons. The van der Waals surface area contributed by atoms with Crippen molar-refractivity contribution >= 4 is 15.5 Å². The molecule has 0 saturated carbocycles. The maximum absolute atomic E-state index is 11.3. The van der Waals surface area contributed by atoms with E-state index >= 15 is 0 Å². The number of sulfone groups is 1. The molecule has 1 N–H and O–H groups in total.